The number of aryl methyl sites for hydroxylation is 1. The summed E-state index contributed by atoms with van der Waals surface area (Å²) in [5, 5.41) is 6.67. The lowest BCUT2D eigenvalue weighted by atomic mass is 10.1. The van der Waals surface area contributed by atoms with Crippen molar-refractivity contribution < 1.29 is 9.32 Å². The molecule has 3 rings (SSSR count). The van der Waals surface area contributed by atoms with Crippen LogP contribution in [0.5, 0.6) is 0 Å². The summed E-state index contributed by atoms with van der Waals surface area (Å²) in [6, 6.07) is 17.0. The lowest BCUT2D eigenvalue weighted by Crippen LogP contribution is -2.28. The highest BCUT2D eigenvalue weighted by Gasteiger charge is 2.20. The molecule has 0 aliphatic heterocycles. The highest BCUT2D eigenvalue weighted by Crippen LogP contribution is 2.27. The number of carbonyl (C=O) groups is 1. The quantitative estimate of drug-likeness (QED) is 0.770. The largest absolute Gasteiger partial charge is 0.344 e. The maximum absolute atomic E-state index is 12.8. The van der Waals surface area contributed by atoms with Crippen LogP contribution in [0, 0.1) is 6.92 Å². The maximum Gasteiger partial charge on any atom is 0.254 e. The third-order valence-electron chi connectivity index (χ3n) is 3.91. The first-order chi connectivity index (χ1) is 12.1. The van der Waals surface area contributed by atoms with E-state index in [2.05, 4.69) is 15.5 Å². The van der Waals surface area contributed by atoms with Gasteiger partial charge in [-0.3, -0.25) is 4.79 Å². The smallest absolute Gasteiger partial charge is 0.254 e. The average Bonchev–Trinajstić information content (AvgIpc) is 3.08. The van der Waals surface area contributed by atoms with Crippen LogP contribution in [0.3, 0.4) is 0 Å². The van der Waals surface area contributed by atoms with Crippen LogP contribution < -0.4 is 10.2 Å². The van der Waals surface area contributed by atoms with Crippen molar-refractivity contribution in [3.05, 3.63) is 71.9 Å². The van der Waals surface area contributed by atoms with E-state index in [4.69, 9.17) is 4.52 Å². The molecule has 6 nitrogen and oxygen atoms in total. The molecular weight excluding hydrogens is 316 g/mol. The van der Waals surface area contributed by atoms with E-state index in [0.717, 1.165) is 11.4 Å². The molecule has 1 aromatic heterocycles. The first-order valence-electron chi connectivity index (χ1n) is 8.05. The predicted octanol–water partition coefficient (Wildman–Crippen LogP) is 3.64. The normalized spacial score (nSPS) is 11.8. The Morgan fingerprint density at radius 1 is 1.12 bits per heavy atom. The minimum atomic E-state index is -0.371. The van der Waals surface area contributed by atoms with Gasteiger partial charge in [-0.05, 0) is 38.1 Å². The van der Waals surface area contributed by atoms with Gasteiger partial charge in [0.1, 0.15) is 6.04 Å². The zero-order valence-electron chi connectivity index (χ0n) is 14.4. The summed E-state index contributed by atoms with van der Waals surface area (Å²) < 4.78 is 5.12. The third-order valence-corrected chi connectivity index (χ3v) is 3.91. The van der Waals surface area contributed by atoms with E-state index in [1.54, 1.807) is 13.0 Å². The fourth-order valence-electron chi connectivity index (χ4n) is 2.57. The highest BCUT2D eigenvalue weighted by atomic mass is 16.5. The van der Waals surface area contributed by atoms with Gasteiger partial charge >= 0.3 is 0 Å². The van der Waals surface area contributed by atoms with Gasteiger partial charge in [-0.1, -0.05) is 35.5 Å². The molecular formula is C19H20N4O2. The summed E-state index contributed by atoms with van der Waals surface area (Å²) in [6.07, 6.45) is 0. The highest BCUT2D eigenvalue weighted by molar-refractivity contribution is 6.00. The van der Waals surface area contributed by atoms with Gasteiger partial charge in [0.25, 0.3) is 5.91 Å². The number of aromatic nitrogens is 2. The number of anilines is 2. The van der Waals surface area contributed by atoms with Crippen LogP contribution in [-0.4, -0.2) is 23.1 Å². The fraction of sp³-hybridized carbons (Fsp3) is 0.211. The van der Waals surface area contributed by atoms with Gasteiger partial charge in [-0.25, -0.2) is 0 Å². The number of hydrogen-bond donors (Lipinski definition) is 1. The molecule has 0 spiro atoms. The number of hydrogen-bond acceptors (Lipinski definition) is 5. The van der Waals surface area contributed by atoms with Crippen molar-refractivity contribution in [3.63, 3.8) is 0 Å². The van der Waals surface area contributed by atoms with Gasteiger partial charge in [-0.15, -0.1) is 0 Å². The van der Waals surface area contributed by atoms with Gasteiger partial charge in [0.2, 0.25) is 5.89 Å². The van der Waals surface area contributed by atoms with Gasteiger partial charge in [0.05, 0.1) is 11.3 Å². The molecule has 0 saturated carbocycles. The second kappa shape index (κ2) is 7.17. The predicted molar refractivity (Wildman–Crippen MR) is 95.9 cm³/mol. The number of rotatable bonds is 5. The second-order valence-electron chi connectivity index (χ2n) is 5.79. The fourth-order valence-corrected chi connectivity index (χ4v) is 2.57. The molecule has 2 aromatic carbocycles. The van der Waals surface area contributed by atoms with E-state index in [1.807, 2.05) is 67.4 Å². The molecule has 0 aliphatic rings. The number of nitrogens with one attached hydrogen (secondary N) is 1. The first-order valence-corrected chi connectivity index (χ1v) is 8.05. The van der Waals surface area contributed by atoms with Crippen molar-refractivity contribution in [2.24, 2.45) is 0 Å². The summed E-state index contributed by atoms with van der Waals surface area (Å²) in [7, 11) is 1.94. The lowest BCUT2D eigenvalue weighted by Gasteiger charge is -2.22. The van der Waals surface area contributed by atoms with Crippen LogP contribution in [0.4, 0.5) is 11.4 Å². The summed E-state index contributed by atoms with van der Waals surface area (Å²) in [5.74, 6) is 0.738. The Morgan fingerprint density at radius 2 is 1.80 bits per heavy atom. The Morgan fingerprint density at radius 3 is 2.48 bits per heavy atom. The molecule has 0 bridgehead atoms. The molecule has 128 valence electrons. The topological polar surface area (TPSA) is 71.3 Å². The summed E-state index contributed by atoms with van der Waals surface area (Å²) in [5.41, 5.74) is 2.40. The van der Waals surface area contributed by atoms with E-state index < -0.39 is 0 Å². The summed E-state index contributed by atoms with van der Waals surface area (Å²) >= 11 is 0. The third kappa shape index (κ3) is 3.68. The van der Waals surface area contributed by atoms with E-state index in [1.165, 1.54) is 0 Å². The molecule has 0 radical (unpaired) electrons. The lowest BCUT2D eigenvalue weighted by molar-refractivity contribution is 0.0933. The number of amides is 1. The Labute approximate surface area is 146 Å². The standard InChI is InChI=1S/C19H20N4O2/c1-13(19-21-14(2)22-25-19)20-18(24)16-11-7-8-12-17(16)23(3)15-9-5-4-6-10-15/h4-13H,1-3H3,(H,20,24)/t13-/m0/s1. The Hall–Kier alpha value is -3.15. The van der Waals surface area contributed by atoms with Crippen molar-refractivity contribution >= 4 is 17.3 Å². The molecule has 0 unspecified atom stereocenters. The molecule has 25 heavy (non-hydrogen) atoms. The first kappa shape index (κ1) is 16.7. The Balaban J connectivity index is 1.84. The molecule has 0 saturated heterocycles. The minimum Gasteiger partial charge on any atom is -0.344 e. The molecule has 1 atom stereocenters. The summed E-state index contributed by atoms with van der Waals surface area (Å²) in [4.78, 5) is 18.9. The average molecular weight is 336 g/mol. The van der Waals surface area contributed by atoms with Crippen molar-refractivity contribution in [1.29, 1.82) is 0 Å². The SMILES string of the molecule is Cc1noc([C@H](C)NC(=O)c2ccccc2N(C)c2ccccc2)n1. The minimum absolute atomic E-state index is 0.193. The van der Waals surface area contributed by atoms with Crippen LogP contribution in [-0.2, 0) is 0 Å². The zero-order chi connectivity index (χ0) is 17.8. The van der Waals surface area contributed by atoms with Crippen LogP contribution in [0.2, 0.25) is 0 Å². The van der Waals surface area contributed by atoms with Crippen LogP contribution in [0.15, 0.2) is 59.1 Å². The Kier molecular flexibility index (Phi) is 4.79. The van der Waals surface area contributed by atoms with Gasteiger partial charge in [0.15, 0.2) is 5.82 Å². The summed E-state index contributed by atoms with van der Waals surface area (Å²) in [6.45, 7) is 3.56. The van der Waals surface area contributed by atoms with Crippen molar-refractivity contribution in [2.45, 2.75) is 19.9 Å². The van der Waals surface area contributed by atoms with E-state index >= 15 is 0 Å². The van der Waals surface area contributed by atoms with Gasteiger partial charge < -0.3 is 14.7 Å². The Bertz CT molecular complexity index is 861. The van der Waals surface area contributed by atoms with Crippen molar-refractivity contribution in [1.82, 2.24) is 15.5 Å². The van der Waals surface area contributed by atoms with E-state index in [9.17, 15) is 4.79 Å². The van der Waals surface area contributed by atoms with Crippen LogP contribution in [0.25, 0.3) is 0 Å². The van der Waals surface area contributed by atoms with Gasteiger partial charge in [-0.2, -0.15) is 4.98 Å². The number of nitrogens with zero attached hydrogens (tertiary/aromatic N) is 3. The molecule has 1 heterocycles. The molecule has 0 fully saturated rings. The zero-order valence-corrected chi connectivity index (χ0v) is 14.4. The monoisotopic (exact) mass is 336 g/mol. The molecule has 6 heteroatoms. The maximum atomic E-state index is 12.8. The number of para-hydroxylation sites is 2. The van der Waals surface area contributed by atoms with Crippen LogP contribution in [0.1, 0.15) is 35.0 Å². The number of benzene rings is 2. The van der Waals surface area contributed by atoms with E-state index in [0.29, 0.717) is 17.3 Å². The van der Waals surface area contributed by atoms with E-state index in [-0.39, 0.29) is 11.9 Å². The molecule has 0 aliphatic carbocycles. The van der Waals surface area contributed by atoms with Crippen molar-refractivity contribution in [3.8, 4) is 0 Å². The molecule has 1 amide bonds. The molecule has 3 aromatic rings. The van der Waals surface area contributed by atoms with Crippen molar-refractivity contribution in [2.75, 3.05) is 11.9 Å². The number of carbonyl (C=O) groups excluding carboxylic acids is 1. The second-order valence-corrected chi connectivity index (χ2v) is 5.79. The molecule has 1 N–H and O–H groups in total. The van der Waals surface area contributed by atoms with Crippen LogP contribution >= 0.6 is 0 Å². The van der Waals surface area contributed by atoms with Gasteiger partial charge in [0, 0.05) is 12.7 Å².